The zero-order valence-electron chi connectivity index (χ0n) is 11.0. The molecule has 6 nitrogen and oxygen atoms in total. The molecule has 104 valence electrons. The van der Waals surface area contributed by atoms with Gasteiger partial charge in [-0.25, -0.2) is 4.79 Å². The molecule has 20 heavy (non-hydrogen) atoms. The number of nitrogens with zero attached hydrogens (tertiary/aromatic N) is 2. The van der Waals surface area contributed by atoms with Crippen LogP contribution in [0.5, 0.6) is 0 Å². The van der Waals surface area contributed by atoms with Crippen LogP contribution in [0.2, 0.25) is 0 Å². The molecule has 1 aromatic rings. The van der Waals surface area contributed by atoms with E-state index in [0.717, 1.165) is 0 Å². The molecule has 1 atom stereocenters. The van der Waals surface area contributed by atoms with Crippen molar-refractivity contribution >= 4 is 17.9 Å². The van der Waals surface area contributed by atoms with Crippen molar-refractivity contribution in [1.29, 1.82) is 0 Å². The third-order valence-corrected chi connectivity index (χ3v) is 3.79. The van der Waals surface area contributed by atoms with E-state index in [-0.39, 0.29) is 17.9 Å². The van der Waals surface area contributed by atoms with Gasteiger partial charge in [0.2, 0.25) is 0 Å². The van der Waals surface area contributed by atoms with Crippen LogP contribution in [0, 0.1) is 0 Å². The Morgan fingerprint density at radius 2 is 1.80 bits per heavy atom. The van der Waals surface area contributed by atoms with E-state index in [9.17, 15) is 14.4 Å². The van der Waals surface area contributed by atoms with E-state index in [1.165, 1.54) is 16.9 Å². The summed E-state index contributed by atoms with van der Waals surface area (Å²) in [7, 11) is 1.32. The smallest absolute Gasteiger partial charge is 0.409 e. The summed E-state index contributed by atoms with van der Waals surface area (Å²) in [5.41, 5.74) is 0.878. The van der Waals surface area contributed by atoms with E-state index in [4.69, 9.17) is 0 Å². The number of amides is 3. The van der Waals surface area contributed by atoms with Crippen LogP contribution in [-0.2, 0) is 4.74 Å². The predicted molar refractivity (Wildman–Crippen MR) is 69.3 cm³/mol. The molecule has 0 N–H and O–H groups in total. The molecule has 0 aromatic heterocycles. The third-order valence-electron chi connectivity index (χ3n) is 3.79. The normalized spacial score (nSPS) is 21.4. The lowest BCUT2D eigenvalue weighted by Crippen LogP contribution is -2.42. The van der Waals surface area contributed by atoms with Gasteiger partial charge in [0.15, 0.2) is 0 Å². The molecule has 0 radical (unpaired) electrons. The fourth-order valence-electron chi connectivity index (χ4n) is 2.79. The summed E-state index contributed by atoms with van der Waals surface area (Å²) in [6, 6.07) is 6.51. The lowest BCUT2D eigenvalue weighted by atomic mass is 10.1. The van der Waals surface area contributed by atoms with Gasteiger partial charge in [0, 0.05) is 13.1 Å². The number of fused-ring (bicyclic) bond motifs is 1. The van der Waals surface area contributed by atoms with Crippen molar-refractivity contribution in [3.8, 4) is 0 Å². The summed E-state index contributed by atoms with van der Waals surface area (Å²) in [5.74, 6) is -0.551. The van der Waals surface area contributed by atoms with Crippen LogP contribution in [0.25, 0.3) is 0 Å². The lowest BCUT2D eigenvalue weighted by Gasteiger charge is -2.22. The average Bonchev–Trinajstić information content (AvgIpc) is 3.03. The molecule has 3 rings (SSSR count). The molecule has 6 heteroatoms. The van der Waals surface area contributed by atoms with Crippen molar-refractivity contribution in [3.63, 3.8) is 0 Å². The van der Waals surface area contributed by atoms with Crippen molar-refractivity contribution in [2.75, 3.05) is 20.2 Å². The van der Waals surface area contributed by atoms with Gasteiger partial charge < -0.3 is 9.64 Å². The van der Waals surface area contributed by atoms with Crippen molar-refractivity contribution in [1.82, 2.24) is 9.80 Å². The number of hydrogen-bond acceptors (Lipinski definition) is 4. The van der Waals surface area contributed by atoms with Crippen molar-refractivity contribution in [2.24, 2.45) is 0 Å². The minimum Gasteiger partial charge on any atom is -0.453 e. The highest BCUT2D eigenvalue weighted by Crippen LogP contribution is 2.28. The highest BCUT2D eigenvalue weighted by atomic mass is 16.5. The maximum Gasteiger partial charge on any atom is 0.409 e. The Morgan fingerprint density at radius 1 is 1.20 bits per heavy atom. The second-order valence-electron chi connectivity index (χ2n) is 4.88. The number of likely N-dealkylation sites (tertiary alicyclic amines) is 1. The Balaban J connectivity index is 1.82. The fraction of sp³-hybridized carbons (Fsp3) is 0.357. The summed E-state index contributed by atoms with van der Waals surface area (Å²) in [4.78, 5) is 38.9. The molecule has 1 fully saturated rings. The third kappa shape index (κ3) is 1.76. The summed E-state index contributed by atoms with van der Waals surface area (Å²) in [5, 5.41) is 0. The maximum absolute atomic E-state index is 12.3. The minimum absolute atomic E-state index is 0.276. The van der Waals surface area contributed by atoms with Gasteiger partial charge >= 0.3 is 6.09 Å². The van der Waals surface area contributed by atoms with Crippen LogP contribution in [0.3, 0.4) is 0 Å². The van der Waals surface area contributed by atoms with Crippen LogP contribution in [0.4, 0.5) is 4.79 Å². The Morgan fingerprint density at radius 3 is 2.35 bits per heavy atom. The molecule has 1 saturated heterocycles. The first-order chi connectivity index (χ1) is 9.63. The number of carbonyl (C=O) groups excluding carboxylic acids is 3. The number of rotatable bonds is 1. The Kier molecular flexibility index (Phi) is 2.93. The van der Waals surface area contributed by atoms with Crippen LogP contribution in [-0.4, -0.2) is 53.9 Å². The summed E-state index contributed by atoms with van der Waals surface area (Å²) in [6.07, 6.45) is 0.157. The largest absolute Gasteiger partial charge is 0.453 e. The summed E-state index contributed by atoms with van der Waals surface area (Å²) >= 11 is 0. The van der Waals surface area contributed by atoms with Crippen LogP contribution in [0.1, 0.15) is 27.1 Å². The molecular weight excluding hydrogens is 260 g/mol. The van der Waals surface area contributed by atoms with E-state index in [2.05, 4.69) is 4.74 Å². The number of carbonyl (C=O) groups is 3. The first kappa shape index (κ1) is 12.7. The fourth-order valence-corrected chi connectivity index (χ4v) is 2.79. The van der Waals surface area contributed by atoms with Gasteiger partial charge in [0.25, 0.3) is 11.8 Å². The van der Waals surface area contributed by atoms with Gasteiger partial charge in [-0.3, -0.25) is 14.5 Å². The van der Waals surface area contributed by atoms with Crippen LogP contribution < -0.4 is 0 Å². The lowest BCUT2D eigenvalue weighted by molar-refractivity contribution is 0.0584. The zero-order valence-corrected chi connectivity index (χ0v) is 11.0. The molecule has 3 amide bonds. The molecule has 2 heterocycles. The van der Waals surface area contributed by atoms with Gasteiger partial charge in [-0.2, -0.15) is 0 Å². The molecule has 2 aliphatic rings. The summed E-state index contributed by atoms with van der Waals surface area (Å²) < 4.78 is 4.66. The first-order valence-corrected chi connectivity index (χ1v) is 6.43. The average molecular weight is 274 g/mol. The van der Waals surface area contributed by atoms with Gasteiger partial charge in [-0.05, 0) is 18.6 Å². The molecule has 0 bridgehead atoms. The highest BCUT2D eigenvalue weighted by Gasteiger charge is 2.42. The minimum atomic E-state index is -0.427. The molecule has 1 aromatic carbocycles. The second kappa shape index (κ2) is 4.63. The number of hydrogen-bond donors (Lipinski definition) is 0. The zero-order chi connectivity index (χ0) is 14.3. The Hall–Kier alpha value is -2.37. The van der Waals surface area contributed by atoms with Gasteiger partial charge in [-0.1, -0.05) is 12.1 Å². The number of benzene rings is 1. The van der Waals surface area contributed by atoms with Gasteiger partial charge in [0.05, 0.1) is 24.3 Å². The quantitative estimate of drug-likeness (QED) is 0.720. The van der Waals surface area contributed by atoms with E-state index in [1.807, 2.05) is 0 Å². The molecule has 0 aliphatic carbocycles. The monoisotopic (exact) mass is 274 g/mol. The molecule has 0 saturated carbocycles. The number of methoxy groups -OCH3 is 1. The van der Waals surface area contributed by atoms with Crippen molar-refractivity contribution in [2.45, 2.75) is 12.5 Å². The van der Waals surface area contributed by atoms with E-state index in [0.29, 0.717) is 30.6 Å². The highest BCUT2D eigenvalue weighted by molar-refractivity contribution is 6.21. The van der Waals surface area contributed by atoms with Crippen LogP contribution in [0.15, 0.2) is 24.3 Å². The molecule has 0 spiro atoms. The van der Waals surface area contributed by atoms with Crippen molar-refractivity contribution in [3.05, 3.63) is 35.4 Å². The summed E-state index contributed by atoms with van der Waals surface area (Å²) in [6.45, 7) is 0.822. The van der Waals surface area contributed by atoms with E-state index < -0.39 is 6.09 Å². The number of imide groups is 1. The van der Waals surface area contributed by atoms with Gasteiger partial charge in [-0.15, -0.1) is 0 Å². The Labute approximate surface area is 115 Å². The van der Waals surface area contributed by atoms with E-state index >= 15 is 0 Å². The maximum atomic E-state index is 12.3. The molecular formula is C14H14N2O4. The molecule has 2 aliphatic heterocycles. The second-order valence-corrected chi connectivity index (χ2v) is 4.88. The van der Waals surface area contributed by atoms with Crippen LogP contribution >= 0.6 is 0 Å². The standard InChI is InChI=1S/C14H14N2O4/c1-20-14(19)15-7-6-9(8-15)16-12(17)10-4-2-3-5-11(10)13(16)18/h2-5,9H,6-8H2,1H3. The number of ether oxygens (including phenoxy) is 1. The predicted octanol–water partition coefficient (Wildman–Crippen LogP) is 1.12. The molecule has 1 unspecified atom stereocenters. The SMILES string of the molecule is COC(=O)N1CCC(N2C(=O)c3ccccc3C2=O)C1. The van der Waals surface area contributed by atoms with E-state index in [1.54, 1.807) is 24.3 Å². The first-order valence-electron chi connectivity index (χ1n) is 6.43. The topological polar surface area (TPSA) is 66.9 Å². The van der Waals surface area contributed by atoms with Crippen molar-refractivity contribution < 1.29 is 19.1 Å². The van der Waals surface area contributed by atoms with Gasteiger partial charge in [0.1, 0.15) is 0 Å². The Bertz CT molecular complexity index is 564.